The molecule has 0 spiro atoms. The van der Waals surface area contributed by atoms with Gasteiger partial charge in [0.15, 0.2) is 0 Å². The Kier molecular flexibility index (Phi) is 142. The first-order valence-corrected chi connectivity index (χ1v) is 9.19. The van der Waals surface area contributed by atoms with Crippen LogP contribution in [0.1, 0.15) is 2.85 Å². The molecule has 0 N–H and O–H groups in total. The number of hydrogen-bond donors (Lipinski definition) is 0. The summed E-state index contributed by atoms with van der Waals surface area (Å²) in [4.78, 5) is 85.2. The molecule has 0 saturated carbocycles. The van der Waals surface area contributed by atoms with Gasteiger partial charge >= 0.3 is 125 Å². The Balaban J connectivity index is -0.00000000978. The zero-order chi connectivity index (χ0) is 17.9. The van der Waals surface area contributed by atoms with E-state index in [2.05, 4.69) is 0 Å². The SMILES string of the molecule is O=[Si]([O-])[O-].O=[Si]([O-])[O-].O=[Si]([O-])[O-].O=[Si]([O-])[O-].O=[Si]([O-])[O-].[Ca+2].[Ga+3].[H-].[H-].[Nb].[Sr+2].[Ta+5]. The minimum Gasteiger partial charge on any atom is -1.00 e. The Bertz CT molecular complexity index is 241. The molecule has 0 saturated heterocycles. The second-order valence-electron chi connectivity index (χ2n) is 1.25. The van der Waals surface area contributed by atoms with Crippen molar-refractivity contribution in [1.29, 1.82) is 0 Å². The zero-order valence-corrected chi connectivity index (χ0v) is 30.0. The Labute approximate surface area is 262 Å². The molecule has 25 heteroatoms. The van der Waals surface area contributed by atoms with Crippen LogP contribution in [0.25, 0.3) is 0 Å². The second-order valence-corrected chi connectivity index (χ2v) is 3.75. The second kappa shape index (κ2) is 56.3. The van der Waals surface area contributed by atoms with Crippen LogP contribution >= 0.6 is 0 Å². The summed E-state index contributed by atoms with van der Waals surface area (Å²) >= 11 is 0. The largest absolute Gasteiger partial charge is 5.00 e. The maximum absolute atomic E-state index is 8.52. The van der Waals surface area contributed by atoms with Crippen molar-refractivity contribution in [2.75, 3.05) is 0 Å². The van der Waals surface area contributed by atoms with Gasteiger partial charge in [0.2, 0.25) is 0 Å². The van der Waals surface area contributed by atoms with Crippen molar-refractivity contribution in [2.24, 2.45) is 0 Å². The fraction of sp³-hybridized carbons (Fsp3) is 0. The van der Waals surface area contributed by atoms with E-state index < -0.39 is 45.9 Å². The number of rotatable bonds is 0. The third kappa shape index (κ3) is 1940. The zero-order valence-electron chi connectivity index (χ0n) is 13.5. The first-order chi connectivity index (χ1) is 8.66. The van der Waals surface area contributed by atoms with Crippen LogP contribution in [0.3, 0.4) is 0 Å². The molecule has 15 nitrogen and oxygen atoms in total. The predicted molar refractivity (Wildman–Crippen MR) is 51.7 cm³/mol. The van der Waals surface area contributed by atoms with E-state index in [1.165, 1.54) is 0 Å². The summed E-state index contributed by atoms with van der Waals surface area (Å²) in [5.74, 6) is 0. The van der Waals surface area contributed by atoms with Crippen LogP contribution in [-0.2, 0) is 67.1 Å². The third-order valence-corrected chi connectivity index (χ3v) is 0. The topological polar surface area (TPSA) is 316 Å². The maximum atomic E-state index is 8.52. The molecule has 0 aliphatic rings. The van der Waals surface area contributed by atoms with E-state index in [4.69, 9.17) is 70.3 Å². The molecule has 0 unspecified atom stereocenters. The van der Waals surface area contributed by atoms with Gasteiger partial charge in [0.1, 0.15) is 0 Å². The Morgan fingerprint density at radius 2 is 0.480 bits per heavy atom. The summed E-state index contributed by atoms with van der Waals surface area (Å²) in [5, 5.41) is 0. The van der Waals surface area contributed by atoms with Gasteiger partial charge in [-0.2, -0.15) is 0 Å². The molecule has 0 fully saturated rings. The molecule has 0 aliphatic heterocycles. The first-order valence-electron chi connectivity index (χ1n) is 3.06. The summed E-state index contributed by atoms with van der Waals surface area (Å²) in [6.45, 7) is 0. The van der Waals surface area contributed by atoms with Crippen molar-refractivity contribution in [1.82, 2.24) is 0 Å². The smallest absolute Gasteiger partial charge is 1.00 e. The van der Waals surface area contributed by atoms with Gasteiger partial charge in [-0.05, 0) is 0 Å². The molecule has 0 aliphatic carbocycles. The van der Waals surface area contributed by atoms with E-state index in [1.807, 2.05) is 0 Å². The summed E-state index contributed by atoms with van der Waals surface area (Å²) in [5.41, 5.74) is 0. The van der Waals surface area contributed by atoms with Crippen molar-refractivity contribution in [2.45, 2.75) is 0 Å². The van der Waals surface area contributed by atoms with Gasteiger partial charge in [0.25, 0.3) is 0 Å². The molecular weight excluding hydrogens is 852 g/mol. The van der Waals surface area contributed by atoms with E-state index in [1.54, 1.807) is 0 Å². The summed E-state index contributed by atoms with van der Waals surface area (Å²) in [7, 11) is -18.1. The van der Waals surface area contributed by atoms with Gasteiger partial charge in [-0.25, -0.2) is 0 Å². The molecule has 25 heavy (non-hydrogen) atoms. The van der Waals surface area contributed by atoms with Crippen LogP contribution in [0.4, 0.5) is 0 Å². The minimum atomic E-state index is -3.63. The molecule has 129 valence electrons. The molecule has 0 bridgehead atoms. The molecule has 0 heterocycles. The summed E-state index contributed by atoms with van der Waals surface area (Å²) in [6.07, 6.45) is 0. The standard InChI is InChI=1S/Ca.Ga.Nb.5O3Si.Sr.Ta.2H/c;;;5*1-4(2)3;;;;/q+2;+3;;5*-2;+2;+5;2*-1. The molecule has 0 aromatic rings. The van der Waals surface area contributed by atoms with Gasteiger partial charge < -0.3 is 73.1 Å². The molecule has 0 aromatic carbocycles. The van der Waals surface area contributed by atoms with Crippen molar-refractivity contribution in [3.63, 3.8) is 0 Å². The van der Waals surface area contributed by atoms with Crippen molar-refractivity contribution >= 4 is 149 Å². The van der Waals surface area contributed by atoms with Crippen LogP contribution in [0, 0.1) is 0 Å². The molecular formula is H2CaGaNbO15Si5SrTa. The summed E-state index contributed by atoms with van der Waals surface area (Å²) < 4.78 is 42.6. The number of hydrogen-bond acceptors (Lipinski definition) is 15. The van der Waals surface area contributed by atoms with Crippen LogP contribution < -0.4 is 48.0 Å². The molecule has 1 radical (unpaired) electrons. The Morgan fingerprint density at radius 1 is 0.480 bits per heavy atom. The third-order valence-electron chi connectivity index (χ3n) is 0. The Hall–Kier alpha value is 2.94. The molecule has 0 rings (SSSR count). The average molecular weight is 854 g/mol. The monoisotopic (exact) mass is 852 g/mol. The van der Waals surface area contributed by atoms with Gasteiger partial charge in [-0.15, -0.1) is 0 Å². The normalized spacial score (nSPS) is 4.80. The van der Waals surface area contributed by atoms with Crippen LogP contribution in [-0.4, -0.2) is 149 Å². The fourth-order valence-corrected chi connectivity index (χ4v) is 0. The van der Waals surface area contributed by atoms with Crippen molar-refractivity contribution in [3.8, 4) is 0 Å². The van der Waals surface area contributed by atoms with Gasteiger partial charge in [0, 0.05) is 68.2 Å². The van der Waals surface area contributed by atoms with Crippen molar-refractivity contribution in [3.05, 3.63) is 0 Å². The van der Waals surface area contributed by atoms with Crippen molar-refractivity contribution < 1.29 is 118 Å². The van der Waals surface area contributed by atoms with E-state index in [9.17, 15) is 0 Å². The van der Waals surface area contributed by atoms with Gasteiger partial charge in [-0.3, -0.25) is 0 Å². The molecule has 0 aromatic heterocycles. The van der Waals surface area contributed by atoms with E-state index >= 15 is 0 Å². The van der Waals surface area contributed by atoms with Crippen LogP contribution in [0.5, 0.6) is 0 Å². The molecule has 0 amide bonds. The minimum absolute atomic E-state index is 0. The Morgan fingerprint density at radius 3 is 0.480 bits per heavy atom. The van der Waals surface area contributed by atoms with E-state index in [-0.39, 0.29) is 151 Å². The van der Waals surface area contributed by atoms with Crippen LogP contribution in [0.15, 0.2) is 0 Å². The quantitative estimate of drug-likeness (QED) is 0.204. The predicted octanol–water partition coefficient (Wildman–Crippen LogP) is -15.3. The summed E-state index contributed by atoms with van der Waals surface area (Å²) in [6, 6.07) is 0. The van der Waals surface area contributed by atoms with Crippen LogP contribution in [0.2, 0.25) is 0 Å². The van der Waals surface area contributed by atoms with E-state index in [0.29, 0.717) is 0 Å². The average Bonchev–Trinajstić information content (AvgIpc) is 1.94. The van der Waals surface area contributed by atoms with Gasteiger partial charge in [0.05, 0.1) is 0 Å². The van der Waals surface area contributed by atoms with E-state index in [0.717, 1.165) is 0 Å². The first kappa shape index (κ1) is 63.0. The van der Waals surface area contributed by atoms with Gasteiger partial charge in [-0.1, -0.05) is 0 Å². The maximum Gasteiger partial charge on any atom is 5.00 e. The molecule has 0 atom stereocenters. The fourth-order valence-electron chi connectivity index (χ4n) is 0.